The quantitative estimate of drug-likeness (QED) is 0.511. The van der Waals surface area contributed by atoms with Crippen molar-refractivity contribution in [2.75, 3.05) is 47.1 Å². The van der Waals surface area contributed by atoms with Gasteiger partial charge in [0.2, 0.25) is 5.91 Å². The highest BCUT2D eigenvalue weighted by molar-refractivity contribution is 7.13. The van der Waals surface area contributed by atoms with Crippen molar-refractivity contribution in [2.24, 2.45) is 0 Å². The summed E-state index contributed by atoms with van der Waals surface area (Å²) < 4.78 is 22.0. The maximum absolute atomic E-state index is 12.7. The third-order valence-electron chi connectivity index (χ3n) is 5.62. The van der Waals surface area contributed by atoms with Crippen molar-refractivity contribution < 1.29 is 23.4 Å². The second-order valence-electron chi connectivity index (χ2n) is 7.81. The van der Waals surface area contributed by atoms with Crippen molar-refractivity contribution in [3.05, 3.63) is 52.7 Å². The first-order chi connectivity index (χ1) is 16.1. The number of carbonyl (C=O) groups is 1. The molecule has 0 bridgehead atoms. The molecular weight excluding hydrogens is 442 g/mol. The van der Waals surface area contributed by atoms with Crippen LogP contribution in [0.15, 0.2) is 40.1 Å². The fourth-order valence-electron chi connectivity index (χ4n) is 3.90. The summed E-state index contributed by atoms with van der Waals surface area (Å²) in [7, 11) is 3.24. The van der Waals surface area contributed by atoms with E-state index >= 15 is 0 Å². The molecule has 1 amide bonds. The molecule has 1 aromatic carbocycles. The van der Waals surface area contributed by atoms with Crippen LogP contribution in [0.25, 0.3) is 10.8 Å². The zero-order valence-corrected chi connectivity index (χ0v) is 19.9. The van der Waals surface area contributed by atoms with Crippen molar-refractivity contribution in [2.45, 2.75) is 19.4 Å². The average Bonchev–Trinajstić information content (AvgIpc) is 3.48. The molecule has 4 rings (SSSR count). The Labute approximate surface area is 197 Å². The number of carbonyl (C=O) groups excluding carboxylic acids is 1. The van der Waals surface area contributed by atoms with E-state index in [4.69, 9.17) is 18.6 Å². The number of furan rings is 1. The molecule has 1 saturated heterocycles. The van der Waals surface area contributed by atoms with Crippen LogP contribution >= 0.6 is 11.3 Å². The first kappa shape index (κ1) is 23.3. The van der Waals surface area contributed by atoms with E-state index in [1.165, 1.54) is 11.3 Å². The Balaban J connectivity index is 1.43. The first-order valence-corrected chi connectivity index (χ1v) is 11.8. The predicted octanol–water partition coefficient (Wildman–Crippen LogP) is 3.46. The third-order valence-corrected chi connectivity index (χ3v) is 6.52. The summed E-state index contributed by atoms with van der Waals surface area (Å²) in [6.45, 7) is 5.31. The Morgan fingerprint density at radius 2 is 1.97 bits per heavy atom. The van der Waals surface area contributed by atoms with Crippen LogP contribution in [0.1, 0.15) is 23.1 Å². The van der Waals surface area contributed by atoms with Crippen LogP contribution in [0, 0.1) is 6.92 Å². The molecule has 0 spiro atoms. The Bertz CT molecular complexity index is 1070. The van der Waals surface area contributed by atoms with E-state index < -0.39 is 0 Å². The lowest BCUT2D eigenvalue weighted by Crippen LogP contribution is -2.44. The number of nitrogens with zero attached hydrogens (tertiary/aromatic N) is 2. The molecule has 1 unspecified atom stereocenters. The molecular formula is C24H29N3O5S. The number of amides is 1. The maximum atomic E-state index is 12.7. The molecule has 1 atom stereocenters. The second kappa shape index (κ2) is 10.8. The summed E-state index contributed by atoms with van der Waals surface area (Å²) in [6.07, 6.45) is 0.220. The van der Waals surface area contributed by atoms with Gasteiger partial charge in [-0.1, -0.05) is 6.07 Å². The van der Waals surface area contributed by atoms with E-state index in [0.717, 1.165) is 40.9 Å². The van der Waals surface area contributed by atoms with Crippen molar-refractivity contribution >= 4 is 17.2 Å². The minimum Gasteiger partial charge on any atom is -0.493 e. The van der Waals surface area contributed by atoms with E-state index in [0.29, 0.717) is 31.3 Å². The highest BCUT2D eigenvalue weighted by Crippen LogP contribution is 2.32. The molecule has 8 nitrogen and oxygen atoms in total. The Morgan fingerprint density at radius 3 is 2.67 bits per heavy atom. The van der Waals surface area contributed by atoms with Crippen LogP contribution in [0.3, 0.4) is 0 Å². The molecule has 1 fully saturated rings. The normalized spacial score (nSPS) is 15.2. The van der Waals surface area contributed by atoms with Gasteiger partial charge in [-0.2, -0.15) is 0 Å². The van der Waals surface area contributed by atoms with Crippen LogP contribution in [-0.2, 0) is 16.0 Å². The molecule has 33 heavy (non-hydrogen) atoms. The highest BCUT2D eigenvalue weighted by Gasteiger charge is 2.24. The molecule has 0 radical (unpaired) electrons. The summed E-state index contributed by atoms with van der Waals surface area (Å²) >= 11 is 1.48. The molecule has 0 aliphatic carbocycles. The largest absolute Gasteiger partial charge is 0.493 e. The van der Waals surface area contributed by atoms with E-state index in [-0.39, 0.29) is 18.4 Å². The van der Waals surface area contributed by atoms with Gasteiger partial charge in [0.1, 0.15) is 5.76 Å². The number of benzene rings is 1. The van der Waals surface area contributed by atoms with Gasteiger partial charge < -0.3 is 23.9 Å². The minimum absolute atomic E-state index is 0.00487. The maximum Gasteiger partial charge on any atom is 0.226 e. The first-order valence-electron chi connectivity index (χ1n) is 10.9. The van der Waals surface area contributed by atoms with Crippen LogP contribution in [0.5, 0.6) is 11.5 Å². The Hall–Kier alpha value is -2.88. The lowest BCUT2D eigenvalue weighted by Gasteiger charge is -2.35. The van der Waals surface area contributed by atoms with Gasteiger partial charge in [-0.15, -0.1) is 11.3 Å². The average molecular weight is 472 g/mol. The molecule has 1 N–H and O–H groups in total. The van der Waals surface area contributed by atoms with Gasteiger partial charge in [0.05, 0.1) is 45.6 Å². The molecule has 2 aromatic heterocycles. The van der Waals surface area contributed by atoms with E-state index in [2.05, 4.69) is 15.2 Å². The summed E-state index contributed by atoms with van der Waals surface area (Å²) in [5, 5.41) is 5.78. The molecule has 9 heteroatoms. The van der Waals surface area contributed by atoms with Gasteiger partial charge in [0, 0.05) is 25.0 Å². The van der Waals surface area contributed by atoms with Crippen LogP contribution in [-0.4, -0.2) is 62.9 Å². The molecule has 3 aromatic rings. The van der Waals surface area contributed by atoms with Gasteiger partial charge in [-0.05, 0) is 36.8 Å². The topological polar surface area (TPSA) is 86.1 Å². The zero-order valence-electron chi connectivity index (χ0n) is 19.1. The van der Waals surface area contributed by atoms with E-state index in [1.54, 1.807) is 14.2 Å². The van der Waals surface area contributed by atoms with Gasteiger partial charge in [-0.25, -0.2) is 4.98 Å². The standard InChI is InChI=1S/C24H29N3O5S/c1-16-4-6-21(32-16)24-26-18(15-33-24)13-23(28)25-14-19(27-8-10-31-11-9-27)17-5-7-20(29-2)22(12-17)30-3/h4-7,12,15,19H,8-11,13-14H2,1-3H3,(H,25,28). The van der Waals surface area contributed by atoms with Crippen molar-refractivity contribution in [1.29, 1.82) is 0 Å². The lowest BCUT2D eigenvalue weighted by molar-refractivity contribution is -0.120. The number of thiazole rings is 1. The number of rotatable bonds is 9. The number of ether oxygens (including phenoxy) is 3. The fraction of sp³-hybridized carbons (Fsp3) is 0.417. The monoisotopic (exact) mass is 471 g/mol. The SMILES string of the molecule is COc1ccc(C(CNC(=O)Cc2csc(-c3ccc(C)o3)n2)N2CCOCC2)cc1OC. The number of morpholine rings is 1. The summed E-state index contributed by atoms with van der Waals surface area (Å²) in [6, 6.07) is 9.69. The molecule has 0 saturated carbocycles. The van der Waals surface area contributed by atoms with Crippen LogP contribution in [0.2, 0.25) is 0 Å². The summed E-state index contributed by atoms with van der Waals surface area (Å²) in [5.74, 6) is 2.84. The van der Waals surface area contributed by atoms with Crippen LogP contribution in [0.4, 0.5) is 0 Å². The van der Waals surface area contributed by atoms with Gasteiger partial charge >= 0.3 is 0 Å². The Kier molecular flexibility index (Phi) is 7.64. The number of methoxy groups -OCH3 is 2. The number of nitrogens with one attached hydrogen (secondary N) is 1. The minimum atomic E-state index is -0.0683. The number of aryl methyl sites for hydroxylation is 1. The third kappa shape index (κ3) is 5.73. The van der Waals surface area contributed by atoms with Crippen LogP contribution < -0.4 is 14.8 Å². The number of aromatic nitrogens is 1. The van der Waals surface area contributed by atoms with Crippen molar-refractivity contribution in [3.63, 3.8) is 0 Å². The van der Waals surface area contributed by atoms with Gasteiger partial charge in [-0.3, -0.25) is 9.69 Å². The molecule has 1 aliphatic rings. The summed E-state index contributed by atoms with van der Waals surface area (Å²) in [5.41, 5.74) is 1.79. The fourth-order valence-corrected chi connectivity index (χ4v) is 4.67. The van der Waals surface area contributed by atoms with Crippen molar-refractivity contribution in [3.8, 4) is 22.3 Å². The Morgan fingerprint density at radius 1 is 1.18 bits per heavy atom. The summed E-state index contributed by atoms with van der Waals surface area (Å²) in [4.78, 5) is 19.6. The lowest BCUT2D eigenvalue weighted by atomic mass is 10.0. The predicted molar refractivity (Wildman–Crippen MR) is 126 cm³/mol. The number of hydrogen-bond donors (Lipinski definition) is 1. The molecule has 176 valence electrons. The molecule has 3 heterocycles. The van der Waals surface area contributed by atoms with Crippen molar-refractivity contribution in [1.82, 2.24) is 15.2 Å². The second-order valence-corrected chi connectivity index (χ2v) is 8.67. The highest BCUT2D eigenvalue weighted by atomic mass is 32.1. The van der Waals surface area contributed by atoms with Gasteiger partial charge in [0.25, 0.3) is 0 Å². The van der Waals surface area contributed by atoms with E-state index in [9.17, 15) is 4.79 Å². The number of hydrogen-bond acceptors (Lipinski definition) is 8. The van der Waals surface area contributed by atoms with Gasteiger partial charge in [0.15, 0.2) is 22.3 Å². The van der Waals surface area contributed by atoms with E-state index in [1.807, 2.05) is 42.6 Å². The zero-order chi connectivity index (χ0) is 23.2. The molecule has 1 aliphatic heterocycles. The smallest absolute Gasteiger partial charge is 0.226 e.